The number of carbonyl (C=O) groups is 1. The van der Waals surface area contributed by atoms with Gasteiger partial charge in [0.25, 0.3) is 0 Å². The van der Waals surface area contributed by atoms with E-state index in [0.29, 0.717) is 18.2 Å². The molecule has 0 unspecified atom stereocenters. The fraction of sp³-hybridized carbons (Fsp3) is 0.273. The van der Waals surface area contributed by atoms with Gasteiger partial charge in [-0.3, -0.25) is 4.79 Å². The van der Waals surface area contributed by atoms with Gasteiger partial charge in [0.15, 0.2) is 0 Å². The van der Waals surface area contributed by atoms with E-state index in [2.05, 4.69) is 15.5 Å². The van der Waals surface area contributed by atoms with E-state index in [4.69, 9.17) is 11.5 Å². The Kier molecular flexibility index (Phi) is 3.60. The maximum Gasteiger partial charge on any atom is 0.246 e. The van der Waals surface area contributed by atoms with Gasteiger partial charge < -0.3 is 16.4 Å². The summed E-state index contributed by atoms with van der Waals surface area (Å²) in [6.45, 7) is 0.423. The van der Waals surface area contributed by atoms with Crippen molar-refractivity contribution in [2.45, 2.75) is 6.54 Å². The molecule has 0 saturated heterocycles. The Labute approximate surface area is 110 Å². The number of hydrogen-bond donors (Lipinski definition) is 2. The molecule has 0 spiro atoms. The number of tetrazole rings is 1. The van der Waals surface area contributed by atoms with E-state index in [9.17, 15) is 4.79 Å². The van der Waals surface area contributed by atoms with Crippen molar-refractivity contribution in [2.75, 3.05) is 17.2 Å². The summed E-state index contributed by atoms with van der Waals surface area (Å²) in [5.41, 5.74) is 12.7. The SMILES string of the molecule is Cn1nnnc1N(CC(N)=O)Cc1ccccc1N. The van der Waals surface area contributed by atoms with Gasteiger partial charge in [0, 0.05) is 19.3 Å². The van der Waals surface area contributed by atoms with Crippen LogP contribution in [0.25, 0.3) is 0 Å². The monoisotopic (exact) mass is 261 g/mol. The molecule has 0 fully saturated rings. The molecule has 0 saturated carbocycles. The van der Waals surface area contributed by atoms with Crippen LogP contribution in [0.1, 0.15) is 5.56 Å². The number of nitrogens with zero attached hydrogens (tertiary/aromatic N) is 5. The molecule has 19 heavy (non-hydrogen) atoms. The van der Waals surface area contributed by atoms with E-state index in [-0.39, 0.29) is 6.54 Å². The lowest BCUT2D eigenvalue weighted by Crippen LogP contribution is -2.35. The summed E-state index contributed by atoms with van der Waals surface area (Å²) in [6.07, 6.45) is 0. The van der Waals surface area contributed by atoms with E-state index in [1.54, 1.807) is 18.0 Å². The molecule has 1 amide bonds. The number of para-hydroxylation sites is 1. The maximum absolute atomic E-state index is 11.2. The number of benzene rings is 1. The molecule has 4 N–H and O–H groups in total. The lowest BCUT2D eigenvalue weighted by Gasteiger charge is -2.21. The number of rotatable bonds is 5. The third kappa shape index (κ3) is 2.97. The Balaban J connectivity index is 2.27. The van der Waals surface area contributed by atoms with Gasteiger partial charge in [0.1, 0.15) is 0 Å². The highest BCUT2D eigenvalue weighted by molar-refractivity contribution is 5.78. The quantitative estimate of drug-likeness (QED) is 0.686. The van der Waals surface area contributed by atoms with E-state index in [0.717, 1.165) is 5.56 Å². The van der Waals surface area contributed by atoms with Crippen molar-refractivity contribution < 1.29 is 4.79 Å². The lowest BCUT2D eigenvalue weighted by atomic mass is 10.1. The van der Waals surface area contributed by atoms with Crippen molar-refractivity contribution in [2.24, 2.45) is 12.8 Å². The summed E-state index contributed by atoms with van der Waals surface area (Å²) in [5, 5.41) is 11.2. The standard InChI is InChI=1S/C11H15N7O/c1-17-11(14-15-16-17)18(7-10(13)19)6-8-4-2-3-5-9(8)12/h2-5H,6-7,12H2,1H3,(H2,13,19). The molecule has 8 nitrogen and oxygen atoms in total. The molecular weight excluding hydrogens is 246 g/mol. The number of aromatic nitrogens is 4. The van der Waals surface area contributed by atoms with Crippen molar-refractivity contribution in [3.05, 3.63) is 29.8 Å². The number of hydrogen-bond acceptors (Lipinski definition) is 6. The summed E-state index contributed by atoms with van der Waals surface area (Å²) >= 11 is 0. The van der Waals surface area contributed by atoms with Gasteiger partial charge in [-0.05, 0) is 22.1 Å². The van der Waals surface area contributed by atoms with Crippen molar-refractivity contribution in [1.29, 1.82) is 0 Å². The summed E-state index contributed by atoms with van der Waals surface area (Å²) in [5.74, 6) is -0.000411. The molecule has 1 aromatic carbocycles. The maximum atomic E-state index is 11.2. The van der Waals surface area contributed by atoms with Gasteiger partial charge in [-0.2, -0.15) is 0 Å². The average molecular weight is 261 g/mol. The first-order chi connectivity index (χ1) is 9.08. The van der Waals surface area contributed by atoms with Crippen LogP contribution in [0, 0.1) is 0 Å². The number of carbonyl (C=O) groups excluding carboxylic acids is 1. The molecule has 0 bridgehead atoms. The normalized spacial score (nSPS) is 10.4. The second-order valence-electron chi connectivity index (χ2n) is 4.12. The van der Waals surface area contributed by atoms with Crippen molar-refractivity contribution in [3.63, 3.8) is 0 Å². The predicted octanol–water partition coefficient (Wildman–Crippen LogP) is -0.716. The molecule has 1 aromatic heterocycles. The van der Waals surface area contributed by atoms with Gasteiger partial charge in [0.2, 0.25) is 11.9 Å². The van der Waals surface area contributed by atoms with E-state index in [1.165, 1.54) is 4.68 Å². The first kappa shape index (κ1) is 12.8. The fourth-order valence-electron chi connectivity index (χ4n) is 1.76. The largest absolute Gasteiger partial charge is 0.398 e. The Morgan fingerprint density at radius 2 is 2.16 bits per heavy atom. The molecule has 2 rings (SSSR count). The molecule has 0 aliphatic rings. The number of nitrogens with two attached hydrogens (primary N) is 2. The van der Waals surface area contributed by atoms with Crippen LogP contribution >= 0.6 is 0 Å². The second-order valence-corrected chi connectivity index (χ2v) is 4.12. The predicted molar refractivity (Wildman–Crippen MR) is 69.9 cm³/mol. The van der Waals surface area contributed by atoms with E-state index in [1.807, 2.05) is 18.2 Å². The molecular formula is C11H15N7O. The Hall–Kier alpha value is -2.64. The molecule has 2 aromatic rings. The third-order valence-electron chi connectivity index (χ3n) is 2.64. The van der Waals surface area contributed by atoms with Crippen LogP contribution in [-0.2, 0) is 18.4 Å². The van der Waals surface area contributed by atoms with Crippen LogP contribution < -0.4 is 16.4 Å². The highest BCUT2D eigenvalue weighted by Gasteiger charge is 2.16. The number of amides is 1. The van der Waals surface area contributed by atoms with E-state index < -0.39 is 5.91 Å². The van der Waals surface area contributed by atoms with Crippen molar-refractivity contribution >= 4 is 17.5 Å². The minimum Gasteiger partial charge on any atom is -0.398 e. The smallest absolute Gasteiger partial charge is 0.246 e. The number of aryl methyl sites for hydroxylation is 1. The molecule has 8 heteroatoms. The number of primary amides is 1. The third-order valence-corrected chi connectivity index (χ3v) is 2.64. The average Bonchev–Trinajstić information content (AvgIpc) is 2.77. The minimum absolute atomic E-state index is 0.0164. The van der Waals surface area contributed by atoms with Gasteiger partial charge >= 0.3 is 0 Å². The molecule has 0 radical (unpaired) electrons. The zero-order valence-electron chi connectivity index (χ0n) is 10.5. The minimum atomic E-state index is -0.461. The second kappa shape index (κ2) is 5.34. The zero-order valence-corrected chi connectivity index (χ0v) is 10.5. The van der Waals surface area contributed by atoms with Gasteiger partial charge in [-0.15, -0.1) is 0 Å². The molecule has 100 valence electrons. The summed E-state index contributed by atoms with van der Waals surface area (Å²) in [7, 11) is 1.69. The van der Waals surface area contributed by atoms with Gasteiger partial charge in [-0.1, -0.05) is 23.3 Å². The van der Waals surface area contributed by atoms with Crippen LogP contribution in [0.3, 0.4) is 0 Å². The summed E-state index contributed by atoms with van der Waals surface area (Å²) < 4.78 is 1.47. The van der Waals surface area contributed by atoms with Gasteiger partial charge in [0.05, 0.1) is 6.54 Å². The molecule has 1 heterocycles. The molecule has 0 aliphatic carbocycles. The van der Waals surface area contributed by atoms with Crippen LogP contribution in [0.5, 0.6) is 0 Å². The Morgan fingerprint density at radius 3 is 2.74 bits per heavy atom. The highest BCUT2D eigenvalue weighted by Crippen LogP contribution is 2.16. The molecule has 0 atom stereocenters. The highest BCUT2D eigenvalue weighted by atomic mass is 16.1. The lowest BCUT2D eigenvalue weighted by molar-refractivity contribution is -0.116. The van der Waals surface area contributed by atoms with Crippen LogP contribution in [0.15, 0.2) is 24.3 Å². The number of anilines is 2. The van der Waals surface area contributed by atoms with Crippen molar-refractivity contribution in [1.82, 2.24) is 20.2 Å². The molecule has 0 aliphatic heterocycles. The van der Waals surface area contributed by atoms with Crippen LogP contribution in [0.2, 0.25) is 0 Å². The Bertz CT molecular complexity index is 580. The Morgan fingerprint density at radius 1 is 1.42 bits per heavy atom. The fourth-order valence-corrected chi connectivity index (χ4v) is 1.76. The van der Waals surface area contributed by atoms with E-state index >= 15 is 0 Å². The summed E-state index contributed by atoms with van der Waals surface area (Å²) in [4.78, 5) is 12.8. The van der Waals surface area contributed by atoms with Gasteiger partial charge in [-0.25, -0.2) is 4.68 Å². The number of nitrogen functional groups attached to an aromatic ring is 1. The topological polar surface area (TPSA) is 116 Å². The van der Waals surface area contributed by atoms with Crippen LogP contribution in [0.4, 0.5) is 11.6 Å². The van der Waals surface area contributed by atoms with Crippen molar-refractivity contribution in [3.8, 4) is 0 Å². The zero-order chi connectivity index (χ0) is 13.8. The summed E-state index contributed by atoms with van der Waals surface area (Å²) in [6, 6.07) is 7.41. The first-order valence-electron chi connectivity index (χ1n) is 5.67. The first-order valence-corrected chi connectivity index (χ1v) is 5.67. The van der Waals surface area contributed by atoms with Crippen LogP contribution in [-0.4, -0.2) is 32.7 Å².